The van der Waals surface area contributed by atoms with Crippen molar-refractivity contribution in [3.05, 3.63) is 59.4 Å². The van der Waals surface area contributed by atoms with Gasteiger partial charge in [-0.1, -0.05) is 12.1 Å². The largest absolute Gasteiger partial charge is 0.337 e. The first kappa shape index (κ1) is 22.1. The number of carbonyl (C=O) groups excluding carboxylic acids is 1. The van der Waals surface area contributed by atoms with E-state index >= 15 is 0 Å². The standard InChI is InChI=1S/C19H22FN3O3S.ClH/c1-14-13-15(7-8-17(14)20)27(25,26)22-18-6-3-2-5-16(18)19(24)23-11-4-9-21-10-12-23;/h2-3,5-8,13,21-22H,4,9-12H2,1H3;1H. The normalized spacial score (nSPS) is 14.7. The number of anilines is 1. The molecule has 6 nitrogen and oxygen atoms in total. The first-order chi connectivity index (χ1) is 12.9. The van der Waals surface area contributed by atoms with Gasteiger partial charge in [0.2, 0.25) is 0 Å². The number of hydrogen-bond donors (Lipinski definition) is 2. The molecular weight excluding hydrogens is 405 g/mol. The van der Waals surface area contributed by atoms with Crippen molar-refractivity contribution in [3.63, 3.8) is 0 Å². The Bertz CT molecular complexity index is 945. The van der Waals surface area contributed by atoms with Gasteiger partial charge in [-0.3, -0.25) is 9.52 Å². The number of amides is 1. The van der Waals surface area contributed by atoms with Crippen molar-refractivity contribution < 1.29 is 17.6 Å². The number of carbonyl (C=O) groups is 1. The van der Waals surface area contributed by atoms with Crippen LogP contribution in [0.5, 0.6) is 0 Å². The number of benzene rings is 2. The second kappa shape index (κ2) is 9.36. The number of halogens is 2. The molecule has 152 valence electrons. The van der Waals surface area contributed by atoms with E-state index < -0.39 is 15.8 Å². The zero-order valence-electron chi connectivity index (χ0n) is 15.4. The quantitative estimate of drug-likeness (QED) is 0.786. The highest BCUT2D eigenvalue weighted by Gasteiger charge is 2.23. The maximum absolute atomic E-state index is 13.5. The third-order valence-electron chi connectivity index (χ3n) is 4.47. The molecule has 0 aromatic heterocycles. The molecule has 2 aromatic rings. The monoisotopic (exact) mass is 427 g/mol. The van der Waals surface area contributed by atoms with Crippen LogP contribution in [0.1, 0.15) is 22.3 Å². The fraction of sp³-hybridized carbons (Fsp3) is 0.316. The molecule has 0 saturated carbocycles. The molecule has 0 atom stereocenters. The molecule has 1 amide bonds. The Morgan fingerprint density at radius 1 is 1.14 bits per heavy atom. The molecule has 1 aliphatic heterocycles. The van der Waals surface area contributed by atoms with Crippen LogP contribution in [0.2, 0.25) is 0 Å². The number of nitrogens with one attached hydrogen (secondary N) is 2. The zero-order chi connectivity index (χ0) is 19.4. The second-order valence-corrected chi connectivity index (χ2v) is 8.14. The van der Waals surface area contributed by atoms with E-state index in [1.165, 1.54) is 19.1 Å². The smallest absolute Gasteiger partial charge is 0.261 e. The molecule has 2 N–H and O–H groups in total. The molecule has 28 heavy (non-hydrogen) atoms. The summed E-state index contributed by atoms with van der Waals surface area (Å²) in [6.45, 7) is 4.23. The maximum Gasteiger partial charge on any atom is 0.261 e. The Morgan fingerprint density at radius 2 is 1.89 bits per heavy atom. The van der Waals surface area contributed by atoms with E-state index in [1.54, 1.807) is 29.2 Å². The highest BCUT2D eigenvalue weighted by molar-refractivity contribution is 7.92. The maximum atomic E-state index is 13.5. The number of rotatable bonds is 4. The highest BCUT2D eigenvalue weighted by atomic mass is 35.5. The van der Waals surface area contributed by atoms with Crippen molar-refractivity contribution in [2.45, 2.75) is 18.2 Å². The SMILES string of the molecule is Cc1cc(S(=O)(=O)Nc2ccccc2C(=O)N2CCCNCC2)ccc1F.Cl. The molecule has 1 aliphatic rings. The van der Waals surface area contributed by atoms with Crippen molar-refractivity contribution >= 4 is 34.0 Å². The molecule has 9 heteroatoms. The fourth-order valence-electron chi connectivity index (χ4n) is 2.97. The Hall–Kier alpha value is -2.16. The van der Waals surface area contributed by atoms with Gasteiger partial charge < -0.3 is 10.2 Å². The summed E-state index contributed by atoms with van der Waals surface area (Å²) in [5.41, 5.74) is 0.739. The van der Waals surface area contributed by atoms with Crippen molar-refractivity contribution in [1.82, 2.24) is 10.2 Å². The van der Waals surface area contributed by atoms with E-state index in [0.29, 0.717) is 25.2 Å². The van der Waals surface area contributed by atoms with Crippen LogP contribution in [0.15, 0.2) is 47.4 Å². The van der Waals surface area contributed by atoms with Gasteiger partial charge in [0, 0.05) is 19.6 Å². The van der Waals surface area contributed by atoms with E-state index in [-0.39, 0.29) is 34.5 Å². The lowest BCUT2D eigenvalue weighted by Crippen LogP contribution is -2.34. The molecule has 0 aliphatic carbocycles. The lowest BCUT2D eigenvalue weighted by molar-refractivity contribution is 0.0767. The molecule has 3 rings (SSSR count). The molecule has 2 aromatic carbocycles. The Labute approximate surface area is 170 Å². The van der Waals surface area contributed by atoms with Gasteiger partial charge in [-0.15, -0.1) is 12.4 Å². The topological polar surface area (TPSA) is 78.5 Å². The van der Waals surface area contributed by atoms with E-state index in [2.05, 4.69) is 10.0 Å². The fourth-order valence-corrected chi connectivity index (χ4v) is 4.13. The highest BCUT2D eigenvalue weighted by Crippen LogP contribution is 2.23. The Kier molecular flexibility index (Phi) is 7.40. The van der Waals surface area contributed by atoms with Crippen LogP contribution >= 0.6 is 12.4 Å². The number of sulfonamides is 1. The average Bonchev–Trinajstić information content (AvgIpc) is 2.93. The van der Waals surface area contributed by atoms with E-state index in [9.17, 15) is 17.6 Å². The molecular formula is C19H23ClFN3O3S. The zero-order valence-corrected chi connectivity index (χ0v) is 17.1. The Balaban J connectivity index is 0.00000280. The summed E-state index contributed by atoms with van der Waals surface area (Å²) in [7, 11) is -3.95. The van der Waals surface area contributed by atoms with Crippen LogP contribution < -0.4 is 10.0 Å². The molecule has 0 radical (unpaired) electrons. The van der Waals surface area contributed by atoms with Crippen LogP contribution in [0.3, 0.4) is 0 Å². The predicted molar refractivity (Wildman–Crippen MR) is 109 cm³/mol. The lowest BCUT2D eigenvalue weighted by Gasteiger charge is -2.22. The van der Waals surface area contributed by atoms with Gasteiger partial charge >= 0.3 is 0 Å². The third kappa shape index (κ3) is 5.01. The van der Waals surface area contributed by atoms with Crippen molar-refractivity contribution in [3.8, 4) is 0 Å². The summed E-state index contributed by atoms with van der Waals surface area (Å²) in [4.78, 5) is 14.6. The van der Waals surface area contributed by atoms with Crippen LogP contribution in [0, 0.1) is 12.7 Å². The predicted octanol–water partition coefficient (Wildman–Crippen LogP) is 2.79. The molecule has 1 heterocycles. The lowest BCUT2D eigenvalue weighted by atomic mass is 10.1. The first-order valence-corrected chi connectivity index (χ1v) is 10.2. The van der Waals surface area contributed by atoms with Gasteiger partial charge in [0.25, 0.3) is 15.9 Å². The van der Waals surface area contributed by atoms with E-state index in [1.807, 2.05) is 0 Å². The van der Waals surface area contributed by atoms with Crippen molar-refractivity contribution in [1.29, 1.82) is 0 Å². The third-order valence-corrected chi connectivity index (χ3v) is 5.83. The molecule has 0 bridgehead atoms. The number of para-hydroxylation sites is 1. The van der Waals surface area contributed by atoms with Gasteiger partial charge in [0.05, 0.1) is 16.1 Å². The summed E-state index contributed by atoms with van der Waals surface area (Å²) in [5, 5.41) is 3.23. The van der Waals surface area contributed by atoms with Crippen molar-refractivity contribution in [2.24, 2.45) is 0 Å². The van der Waals surface area contributed by atoms with Gasteiger partial charge in [-0.05, 0) is 55.8 Å². The molecule has 1 fully saturated rings. The number of aryl methyl sites for hydroxylation is 1. The summed E-state index contributed by atoms with van der Waals surface area (Å²) in [5.74, 6) is -0.688. The van der Waals surface area contributed by atoms with Crippen LogP contribution in [0.25, 0.3) is 0 Å². The summed E-state index contributed by atoms with van der Waals surface area (Å²) >= 11 is 0. The van der Waals surface area contributed by atoms with Crippen LogP contribution in [-0.4, -0.2) is 45.4 Å². The van der Waals surface area contributed by atoms with Crippen LogP contribution in [-0.2, 0) is 10.0 Å². The van der Waals surface area contributed by atoms with Gasteiger partial charge in [0.15, 0.2) is 0 Å². The average molecular weight is 428 g/mol. The van der Waals surface area contributed by atoms with Crippen molar-refractivity contribution in [2.75, 3.05) is 30.9 Å². The summed E-state index contributed by atoms with van der Waals surface area (Å²) in [6, 6.07) is 10.1. The number of nitrogens with zero attached hydrogens (tertiary/aromatic N) is 1. The number of hydrogen-bond acceptors (Lipinski definition) is 4. The summed E-state index contributed by atoms with van der Waals surface area (Å²) < 4.78 is 41.3. The summed E-state index contributed by atoms with van der Waals surface area (Å²) in [6.07, 6.45) is 0.842. The molecule has 1 saturated heterocycles. The van der Waals surface area contributed by atoms with Gasteiger partial charge in [-0.25, -0.2) is 12.8 Å². The first-order valence-electron chi connectivity index (χ1n) is 8.76. The van der Waals surface area contributed by atoms with Gasteiger partial charge in [-0.2, -0.15) is 0 Å². The van der Waals surface area contributed by atoms with Gasteiger partial charge in [0.1, 0.15) is 5.82 Å². The minimum absolute atomic E-state index is 0. The second-order valence-electron chi connectivity index (χ2n) is 6.46. The molecule has 0 unspecified atom stereocenters. The minimum Gasteiger partial charge on any atom is -0.337 e. The Morgan fingerprint density at radius 3 is 2.64 bits per heavy atom. The minimum atomic E-state index is -3.95. The van der Waals surface area contributed by atoms with E-state index in [4.69, 9.17) is 0 Å². The molecule has 0 spiro atoms. The van der Waals surface area contributed by atoms with E-state index in [0.717, 1.165) is 19.0 Å². The van der Waals surface area contributed by atoms with Crippen LogP contribution in [0.4, 0.5) is 10.1 Å².